The van der Waals surface area contributed by atoms with E-state index in [1.54, 1.807) is 0 Å². The van der Waals surface area contributed by atoms with Crippen LogP contribution in [0.3, 0.4) is 0 Å². The Bertz CT molecular complexity index is 737. The summed E-state index contributed by atoms with van der Waals surface area (Å²) in [6.45, 7) is 13.9. The Morgan fingerprint density at radius 3 is 2.58 bits per heavy atom. The van der Waals surface area contributed by atoms with Crippen LogP contribution in [0, 0.1) is 40.4 Å². The molecule has 0 radical (unpaired) electrons. The zero-order valence-corrected chi connectivity index (χ0v) is 22.0. The molecule has 5 aliphatic rings. The molecule has 4 saturated carbocycles. The molecule has 3 N–H and O–H groups in total. The lowest BCUT2D eigenvalue weighted by atomic mass is 9.40. The summed E-state index contributed by atoms with van der Waals surface area (Å²) in [6.07, 6.45) is 18.4. The number of aliphatic hydroxyl groups is 1. The van der Waals surface area contributed by atoms with Crippen LogP contribution in [-0.4, -0.2) is 34.7 Å². The minimum Gasteiger partial charge on any atom is -0.391 e. The van der Waals surface area contributed by atoms with Crippen molar-refractivity contribution >= 4 is 0 Å². The van der Waals surface area contributed by atoms with Crippen LogP contribution in [0.4, 0.5) is 0 Å². The number of nitrogens with two attached hydrogens (primary N) is 1. The van der Waals surface area contributed by atoms with Gasteiger partial charge in [0.1, 0.15) is 0 Å². The fraction of sp³-hybridized carbons (Fsp3) is 0.933. The van der Waals surface area contributed by atoms with Gasteiger partial charge in [0.2, 0.25) is 0 Å². The van der Waals surface area contributed by atoms with Gasteiger partial charge in [-0.15, -0.1) is 0 Å². The summed E-state index contributed by atoms with van der Waals surface area (Å²) in [4.78, 5) is 2.31. The van der Waals surface area contributed by atoms with Gasteiger partial charge in [-0.05, 0) is 111 Å². The van der Waals surface area contributed by atoms with Gasteiger partial charge in [0.05, 0.1) is 6.10 Å². The third-order valence-corrected chi connectivity index (χ3v) is 12.4. The summed E-state index contributed by atoms with van der Waals surface area (Å²) in [5, 5.41) is 9.81. The third kappa shape index (κ3) is 3.83. The molecule has 0 amide bonds. The van der Waals surface area contributed by atoms with Crippen LogP contribution >= 0.6 is 0 Å². The fourth-order valence-corrected chi connectivity index (χ4v) is 10.3. The highest BCUT2D eigenvalue weighted by Gasteiger charge is 2.66. The van der Waals surface area contributed by atoms with Gasteiger partial charge in [0.15, 0.2) is 0 Å². The predicted octanol–water partition coefficient (Wildman–Crippen LogP) is 6.50. The van der Waals surface area contributed by atoms with Crippen LogP contribution in [0.2, 0.25) is 0 Å². The summed E-state index contributed by atoms with van der Waals surface area (Å²) in [5.74, 6) is 4.20. The van der Waals surface area contributed by atoms with Crippen molar-refractivity contribution in [2.75, 3.05) is 13.1 Å². The second-order valence-corrected chi connectivity index (χ2v) is 13.7. The highest BCUT2D eigenvalue weighted by atomic mass is 16.3. The quantitative estimate of drug-likeness (QED) is 0.448. The molecule has 5 fully saturated rings. The molecule has 0 spiro atoms. The monoisotopic (exact) mass is 456 g/mol. The highest BCUT2D eigenvalue weighted by Crippen LogP contribution is 2.69. The van der Waals surface area contributed by atoms with Crippen LogP contribution in [0.25, 0.3) is 0 Å². The van der Waals surface area contributed by atoms with Crippen molar-refractivity contribution in [2.45, 2.75) is 122 Å². The summed E-state index contributed by atoms with van der Waals surface area (Å²) >= 11 is 0. The Morgan fingerprint density at radius 1 is 1.00 bits per heavy atom. The zero-order valence-electron chi connectivity index (χ0n) is 22.0. The molecule has 3 nitrogen and oxygen atoms in total. The molecule has 0 aromatic carbocycles. The van der Waals surface area contributed by atoms with Crippen LogP contribution in [0.5, 0.6) is 0 Å². The molecule has 0 bridgehead atoms. The van der Waals surface area contributed by atoms with E-state index in [9.17, 15) is 5.11 Å². The van der Waals surface area contributed by atoms with Crippen molar-refractivity contribution in [3.63, 3.8) is 0 Å². The van der Waals surface area contributed by atoms with E-state index < -0.39 is 0 Å². The Hall–Kier alpha value is -0.540. The summed E-state index contributed by atoms with van der Waals surface area (Å²) in [5.41, 5.74) is 9.79. The number of hydrogen-bond acceptors (Lipinski definition) is 3. The lowest BCUT2D eigenvalue weighted by Crippen LogP contribution is -2.70. The van der Waals surface area contributed by atoms with E-state index in [1.807, 2.05) is 0 Å². The van der Waals surface area contributed by atoms with E-state index in [1.165, 1.54) is 82.7 Å². The number of aliphatic hydroxyl groups excluding tert-OH is 1. The summed E-state index contributed by atoms with van der Waals surface area (Å²) in [7, 11) is 0. The molecule has 0 aromatic heterocycles. The van der Waals surface area contributed by atoms with E-state index in [-0.39, 0.29) is 11.6 Å². The minimum absolute atomic E-state index is 0.0850. The maximum absolute atomic E-state index is 9.81. The maximum atomic E-state index is 9.81. The third-order valence-electron chi connectivity index (χ3n) is 12.4. The van der Waals surface area contributed by atoms with Crippen LogP contribution in [0.1, 0.15) is 111 Å². The molecule has 0 aromatic rings. The fourth-order valence-electron chi connectivity index (χ4n) is 10.3. The minimum atomic E-state index is -0.147. The predicted molar refractivity (Wildman–Crippen MR) is 138 cm³/mol. The van der Waals surface area contributed by atoms with E-state index >= 15 is 0 Å². The number of unbranched alkanes of at least 4 members (excludes halogenated alkanes) is 1. The van der Waals surface area contributed by atoms with Gasteiger partial charge in [-0.1, -0.05) is 46.6 Å². The van der Waals surface area contributed by atoms with E-state index in [0.717, 1.165) is 55.5 Å². The van der Waals surface area contributed by atoms with Crippen molar-refractivity contribution in [3.05, 3.63) is 12.3 Å². The highest BCUT2D eigenvalue weighted by molar-refractivity contribution is 5.19. The maximum Gasteiger partial charge on any atom is 0.0731 e. The smallest absolute Gasteiger partial charge is 0.0731 e. The first-order valence-corrected chi connectivity index (χ1v) is 14.6. The Labute approximate surface area is 203 Å². The molecule has 3 heteroatoms. The largest absolute Gasteiger partial charge is 0.391 e. The summed E-state index contributed by atoms with van der Waals surface area (Å²) in [6, 6.07) is 0. The average molecular weight is 457 g/mol. The van der Waals surface area contributed by atoms with Gasteiger partial charge < -0.3 is 15.7 Å². The second kappa shape index (κ2) is 8.84. The molecule has 4 aliphatic carbocycles. The van der Waals surface area contributed by atoms with Gasteiger partial charge in [-0.2, -0.15) is 0 Å². The van der Waals surface area contributed by atoms with Gasteiger partial charge in [-0.25, -0.2) is 0 Å². The molecule has 1 aliphatic heterocycles. The first-order chi connectivity index (χ1) is 15.7. The van der Waals surface area contributed by atoms with Crippen LogP contribution in [-0.2, 0) is 0 Å². The van der Waals surface area contributed by atoms with Crippen molar-refractivity contribution < 1.29 is 5.11 Å². The Balaban J connectivity index is 1.21. The Morgan fingerprint density at radius 2 is 1.82 bits per heavy atom. The molecule has 1 saturated heterocycles. The molecule has 188 valence electrons. The molecule has 1 heterocycles. The lowest BCUT2D eigenvalue weighted by molar-refractivity contribution is -0.148. The van der Waals surface area contributed by atoms with Gasteiger partial charge >= 0.3 is 0 Å². The normalized spacial score (nSPS) is 49.4. The van der Waals surface area contributed by atoms with Crippen molar-refractivity contribution in [1.82, 2.24) is 4.90 Å². The van der Waals surface area contributed by atoms with E-state index in [0.29, 0.717) is 10.8 Å². The second-order valence-electron chi connectivity index (χ2n) is 13.7. The number of allylic oxidation sites excluding steroid dienone is 1. The first kappa shape index (κ1) is 24.2. The zero-order chi connectivity index (χ0) is 23.4. The molecular weight excluding hydrogens is 404 g/mol. The van der Waals surface area contributed by atoms with E-state index in [2.05, 4.69) is 32.3 Å². The standard InChI is InChI=1S/C30H52N2O/c1-21-19-27-26-13-12-23(10-6-5-9-22(2)32-18-14-24(33)20-32)28(26,3)16-17-30(27,31)29(4)15-8-7-11-25(21)29/h21,23-27,33H,2,5-20,31H2,1,3-4H3/t21-,23?,24?,25-,26?,27?,28?,29-,30+/m0/s1. The van der Waals surface area contributed by atoms with Crippen molar-refractivity contribution in [2.24, 2.45) is 46.2 Å². The van der Waals surface area contributed by atoms with Gasteiger partial charge in [0.25, 0.3) is 0 Å². The number of rotatable bonds is 6. The van der Waals surface area contributed by atoms with Crippen molar-refractivity contribution in [1.29, 1.82) is 0 Å². The Kier molecular flexibility index (Phi) is 6.47. The number of β-amino-alcohol motifs (C(OH)–C–C–N with tert-alkyl or cyclic N) is 1. The van der Waals surface area contributed by atoms with Crippen molar-refractivity contribution in [3.8, 4) is 0 Å². The topological polar surface area (TPSA) is 49.5 Å². The van der Waals surface area contributed by atoms with Crippen LogP contribution in [0.15, 0.2) is 12.3 Å². The van der Waals surface area contributed by atoms with E-state index in [4.69, 9.17) is 5.73 Å². The van der Waals surface area contributed by atoms with Gasteiger partial charge in [-0.3, -0.25) is 0 Å². The molecule has 5 unspecified atom stereocenters. The average Bonchev–Trinajstić information content (AvgIpc) is 3.36. The van der Waals surface area contributed by atoms with Gasteiger partial charge in [0, 0.05) is 24.3 Å². The number of likely N-dealkylation sites (tertiary alicyclic amines) is 1. The number of nitrogens with zero attached hydrogens (tertiary/aromatic N) is 1. The van der Waals surface area contributed by atoms with Crippen LogP contribution < -0.4 is 5.73 Å². The summed E-state index contributed by atoms with van der Waals surface area (Å²) < 4.78 is 0. The SMILES string of the molecule is C=C(CCCCC1CCC2C3C[C@H](C)[C@@H]4CCCC[C@]4(C)[C@@]3(N)CCC12C)N1CCC(O)C1. The lowest BCUT2D eigenvalue weighted by Gasteiger charge is -2.67. The number of fused-ring (bicyclic) bond motifs is 5. The molecule has 5 rings (SSSR count). The number of hydrogen-bond donors (Lipinski definition) is 2. The first-order valence-electron chi connectivity index (χ1n) is 14.6. The molecule has 33 heavy (non-hydrogen) atoms. The molecular formula is C30H52N2O. The molecule has 9 atom stereocenters.